The van der Waals surface area contributed by atoms with E-state index in [1.165, 1.54) is 31.5 Å². The molecule has 0 bridgehead atoms. The summed E-state index contributed by atoms with van der Waals surface area (Å²) in [6, 6.07) is 6.01. The fourth-order valence-corrected chi connectivity index (χ4v) is 4.37. The summed E-state index contributed by atoms with van der Waals surface area (Å²) >= 11 is 0. The Balaban J connectivity index is 1.49. The minimum atomic E-state index is 0.715. The summed E-state index contributed by atoms with van der Waals surface area (Å²) < 4.78 is 10.9. The van der Waals surface area contributed by atoms with Gasteiger partial charge in [0.25, 0.3) is 0 Å². The predicted octanol–water partition coefficient (Wildman–Crippen LogP) is 1.74. The Labute approximate surface area is 175 Å². The van der Waals surface area contributed by atoms with E-state index >= 15 is 0 Å². The maximum absolute atomic E-state index is 5.54. The first-order chi connectivity index (χ1) is 14.1. The van der Waals surface area contributed by atoms with Gasteiger partial charge in [-0.3, -0.25) is 9.89 Å². The second kappa shape index (κ2) is 10.7. The zero-order valence-electron chi connectivity index (χ0n) is 18.5. The Bertz CT molecular complexity index is 673. The molecule has 1 aromatic rings. The van der Waals surface area contributed by atoms with Gasteiger partial charge in [-0.25, -0.2) is 0 Å². The summed E-state index contributed by atoms with van der Waals surface area (Å²) in [5, 5.41) is 3.62. The van der Waals surface area contributed by atoms with Gasteiger partial charge in [-0.1, -0.05) is 0 Å². The van der Waals surface area contributed by atoms with E-state index in [2.05, 4.69) is 38.1 Å². The number of rotatable bonds is 6. The van der Waals surface area contributed by atoms with Crippen molar-refractivity contribution in [1.29, 1.82) is 0 Å². The minimum Gasteiger partial charge on any atom is -0.497 e. The van der Waals surface area contributed by atoms with Crippen LogP contribution in [0, 0.1) is 5.92 Å². The Morgan fingerprint density at radius 2 is 1.93 bits per heavy atom. The lowest BCUT2D eigenvalue weighted by Crippen LogP contribution is -2.53. The van der Waals surface area contributed by atoms with Crippen molar-refractivity contribution in [2.45, 2.75) is 19.4 Å². The molecule has 0 saturated carbocycles. The number of piperidine rings is 1. The third kappa shape index (κ3) is 6.00. The molecule has 1 aromatic carbocycles. The first kappa shape index (κ1) is 21.7. The number of nitrogens with one attached hydrogen (secondary N) is 1. The molecule has 2 fully saturated rings. The van der Waals surface area contributed by atoms with Gasteiger partial charge in [0.05, 0.1) is 14.2 Å². The third-order valence-corrected chi connectivity index (χ3v) is 6.04. The molecule has 2 heterocycles. The number of hydrogen-bond acceptors (Lipinski definition) is 5. The van der Waals surface area contributed by atoms with Gasteiger partial charge in [0.15, 0.2) is 5.96 Å². The van der Waals surface area contributed by atoms with Crippen LogP contribution in [0.4, 0.5) is 0 Å². The van der Waals surface area contributed by atoms with E-state index in [4.69, 9.17) is 9.47 Å². The van der Waals surface area contributed by atoms with Crippen molar-refractivity contribution < 1.29 is 9.47 Å². The molecule has 7 heteroatoms. The largest absolute Gasteiger partial charge is 0.497 e. The average Bonchev–Trinajstić information content (AvgIpc) is 2.75. The van der Waals surface area contributed by atoms with Crippen LogP contribution in [-0.4, -0.2) is 94.8 Å². The Kier molecular flexibility index (Phi) is 8.00. The highest BCUT2D eigenvalue weighted by atomic mass is 16.5. The molecule has 29 heavy (non-hydrogen) atoms. The maximum atomic E-state index is 5.54. The number of guanidine groups is 1. The standard InChI is InChI=1S/C22H37N5O2/c1-23-22(24-15-18-6-5-9-25(2)16-18)27-12-10-26(11-13-27)17-19-14-20(28-3)7-8-21(19)29-4/h7-8,14,18H,5-6,9-13,15-17H2,1-4H3,(H,23,24). The van der Waals surface area contributed by atoms with E-state index in [0.717, 1.165) is 56.7 Å². The predicted molar refractivity (Wildman–Crippen MR) is 118 cm³/mol. The number of benzene rings is 1. The first-order valence-corrected chi connectivity index (χ1v) is 10.7. The van der Waals surface area contributed by atoms with Crippen LogP contribution in [0.5, 0.6) is 11.5 Å². The number of ether oxygens (including phenoxy) is 2. The number of likely N-dealkylation sites (tertiary alicyclic amines) is 1. The molecule has 3 rings (SSSR count). The summed E-state index contributed by atoms with van der Waals surface area (Å²) in [6.45, 7) is 8.27. The Hall–Kier alpha value is -1.99. The fraction of sp³-hybridized carbons (Fsp3) is 0.682. The quantitative estimate of drug-likeness (QED) is 0.577. The number of nitrogens with zero attached hydrogens (tertiary/aromatic N) is 4. The molecule has 162 valence electrons. The molecule has 0 aromatic heterocycles. The van der Waals surface area contributed by atoms with Gasteiger partial charge in [0.2, 0.25) is 0 Å². The molecule has 2 saturated heterocycles. The van der Waals surface area contributed by atoms with E-state index in [0.29, 0.717) is 5.92 Å². The van der Waals surface area contributed by atoms with Gasteiger partial charge in [-0.05, 0) is 50.6 Å². The summed E-state index contributed by atoms with van der Waals surface area (Å²) in [5.41, 5.74) is 1.17. The molecule has 0 radical (unpaired) electrons. The van der Waals surface area contributed by atoms with Gasteiger partial charge < -0.3 is 24.6 Å². The summed E-state index contributed by atoms with van der Waals surface area (Å²) in [6.07, 6.45) is 2.61. The Morgan fingerprint density at radius 3 is 2.59 bits per heavy atom. The normalized spacial score (nSPS) is 21.9. The minimum absolute atomic E-state index is 0.715. The van der Waals surface area contributed by atoms with Gasteiger partial charge in [-0.15, -0.1) is 0 Å². The van der Waals surface area contributed by atoms with E-state index in [1.807, 2.05) is 19.2 Å². The molecular formula is C22H37N5O2. The van der Waals surface area contributed by atoms with Crippen LogP contribution in [-0.2, 0) is 6.54 Å². The smallest absolute Gasteiger partial charge is 0.193 e. The molecule has 1 N–H and O–H groups in total. The molecule has 0 amide bonds. The molecular weight excluding hydrogens is 366 g/mol. The van der Waals surface area contributed by atoms with Crippen molar-refractivity contribution in [1.82, 2.24) is 20.0 Å². The highest BCUT2D eigenvalue weighted by Gasteiger charge is 2.22. The number of hydrogen-bond donors (Lipinski definition) is 1. The Morgan fingerprint density at radius 1 is 1.14 bits per heavy atom. The summed E-state index contributed by atoms with van der Waals surface area (Å²) in [7, 11) is 7.54. The monoisotopic (exact) mass is 403 g/mol. The highest BCUT2D eigenvalue weighted by Crippen LogP contribution is 2.25. The van der Waals surface area contributed by atoms with E-state index in [-0.39, 0.29) is 0 Å². The molecule has 0 spiro atoms. The van der Waals surface area contributed by atoms with Crippen molar-refractivity contribution in [3.63, 3.8) is 0 Å². The van der Waals surface area contributed by atoms with E-state index < -0.39 is 0 Å². The van der Waals surface area contributed by atoms with E-state index in [9.17, 15) is 0 Å². The number of methoxy groups -OCH3 is 2. The lowest BCUT2D eigenvalue weighted by Gasteiger charge is -2.37. The van der Waals surface area contributed by atoms with Crippen LogP contribution >= 0.6 is 0 Å². The molecule has 1 atom stereocenters. The second-order valence-corrected chi connectivity index (χ2v) is 8.14. The third-order valence-electron chi connectivity index (χ3n) is 6.04. The fourth-order valence-electron chi connectivity index (χ4n) is 4.37. The topological polar surface area (TPSA) is 52.6 Å². The van der Waals surface area contributed by atoms with Crippen LogP contribution in [0.3, 0.4) is 0 Å². The SMILES string of the molecule is CN=C(NCC1CCCN(C)C1)N1CCN(Cc2cc(OC)ccc2OC)CC1. The van der Waals surface area contributed by atoms with Crippen LogP contribution < -0.4 is 14.8 Å². The first-order valence-electron chi connectivity index (χ1n) is 10.7. The molecule has 7 nitrogen and oxygen atoms in total. The summed E-state index contributed by atoms with van der Waals surface area (Å²) in [4.78, 5) is 11.8. The maximum Gasteiger partial charge on any atom is 0.193 e. The van der Waals surface area contributed by atoms with Gasteiger partial charge >= 0.3 is 0 Å². The van der Waals surface area contributed by atoms with Crippen LogP contribution in [0.1, 0.15) is 18.4 Å². The van der Waals surface area contributed by atoms with Gasteiger partial charge in [-0.2, -0.15) is 0 Å². The summed E-state index contributed by atoms with van der Waals surface area (Å²) in [5.74, 6) is 3.55. The van der Waals surface area contributed by atoms with Crippen molar-refractivity contribution in [3.05, 3.63) is 23.8 Å². The van der Waals surface area contributed by atoms with Gasteiger partial charge in [0.1, 0.15) is 11.5 Å². The van der Waals surface area contributed by atoms with Crippen LogP contribution in [0.2, 0.25) is 0 Å². The lowest BCUT2D eigenvalue weighted by molar-refractivity contribution is 0.169. The molecule has 2 aliphatic rings. The van der Waals surface area contributed by atoms with Gasteiger partial charge in [0, 0.05) is 58.4 Å². The zero-order chi connectivity index (χ0) is 20.6. The molecule has 0 aliphatic carbocycles. The number of aliphatic imine (C=N–C) groups is 1. The van der Waals surface area contributed by atoms with E-state index in [1.54, 1.807) is 14.2 Å². The zero-order valence-corrected chi connectivity index (χ0v) is 18.5. The van der Waals surface area contributed by atoms with Crippen molar-refractivity contribution in [3.8, 4) is 11.5 Å². The van der Waals surface area contributed by atoms with Crippen molar-refractivity contribution in [2.24, 2.45) is 10.9 Å². The van der Waals surface area contributed by atoms with Crippen molar-refractivity contribution >= 4 is 5.96 Å². The van der Waals surface area contributed by atoms with Crippen LogP contribution in [0.25, 0.3) is 0 Å². The molecule has 1 unspecified atom stereocenters. The number of piperazine rings is 1. The second-order valence-electron chi connectivity index (χ2n) is 8.14. The average molecular weight is 404 g/mol. The van der Waals surface area contributed by atoms with Crippen molar-refractivity contribution in [2.75, 3.05) is 74.1 Å². The van der Waals surface area contributed by atoms with Crippen LogP contribution in [0.15, 0.2) is 23.2 Å². The highest BCUT2D eigenvalue weighted by molar-refractivity contribution is 5.80. The molecule has 2 aliphatic heterocycles. The lowest BCUT2D eigenvalue weighted by atomic mass is 9.98.